The molecule has 0 aliphatic heterocycles. The summed E-state index contributed by atoms with van der Waals surface area (Å²) in [6.07, 6.45) is -0.812. The Morgan fingerprint density at radius 2 is 2.04 bits per heavy atom. The fourth-order valence-corrected chi connectivity index (χ4v) is 3.85. The highest BCUT2D eigenvalue weighted by atomic mass is 32.2. The van der Waals surface area contributed by atoms with E-state index in [0.717, 1.165) is 19.2 Å². The van der Waals surface area contributed by atoms with Crippen molar-refractivity contribution in [2.75, 3.05) is 6.26 Å². The van der Waals surface area contributed by atoms with E-state index >= 15 is 0 Å². The van der Waals surface area contributed by atoms with Crippen molar-refractivity contribution >= 4 is 9.84 Å². The van der Waals surface area contributed by atoms with Crippen LogP contribution in [0, 0.1) is 11.3 Å². The summed E-state index contributed by atoms with van der Waals surface area (Å²) in [4.78, 5) is 3.44. The van der Waals surface area contributed by atoms with Gasteiger partial charge in [-0.2, -0.15) is 5.26 Å². The van der Waals surface area contributed by atoms with Crippen LogP contribution >= 0.6 is 0 Å². The Bertz CT molecular complexity index is 1030. The van der Waals surface area contributed by atoms with Crippen LogP contribution in [0.25, 0.3) is 0 Å². The predicted molar refractivity (Wildman–Crippen MR) is 86.9 cm³/mol. The molecule has 6 nitrogen and oxygen atoms in total. The molecule has 0 saturated heterocycles. The quantitative estimate of drug-likeness (QED) is 0.879. The number of nitrogens with zero attached hydrogens (tertiary/aromatic N) is 2. The van der Waals surface area contributed by atoms with Gasteiger partial charge < -0.3 is 9.84 Å². The molecule has 26 heavy (non-hydrogen) atoms. The van der Waals surface area contributed by atoms with E-state index in [1.807, 2.05) is 6.07 Å². The average molecular weight is 380 g/mol. The molecular formula is C17H14F2N2O4S. The second-order valence-corrected chi connectivity index (χ2v) is 8.19. The zero-order valence-corrected chi connectivity index (χ0v) is 14.6. The van der Waals surface area contributed by atoms with Gasteiger partial charge in [0.1, 0.15) is 23.7 Å². The third-order valence-corrected chi connectivity index (χ3v) is 5.39. The van der Waals surface area contributed by atoms with E-state index in [4.69, 9.17) is 10.00 Å². The van der Waals surface area contributed by atoms with Crippen molar-refractivity contribution in [3.8, 4) is 17.6 Å². The number of fused-ring (bicyclic) bond motifs is 1. The van der Waals surface area contributed by atoms with Crippen molar-refractivity contribution in [3.63, 3.8) is 0 Å². The number of alkyl halides is 2. The number of hydrogen-bond acceptors (Lipinski definition) is 6. The molecule has 0 spiro atoms. The highest BCUT2D eigenvalue weighted by molar-refractivity contribution is 7.90. The molecule has 0 bridgehead atoms. The third-order valence-electron chi connectivity index (χ3n) is 4.23. The summed E-state index contributed by atoms with van der Waals surface area (Å²) >= 11 is 0. The Hall–Kier alpha value is -2.57. The number of aliphatic hydroxyl groups is 1. The number of pyridine rings is 1. The minimum Gasteiger partial charge on any atom is -0.455 e. The molecule has 3 atom stereocenters. The maximum Gasteiger partial charge on any atom is 0.175 e. The first-order valence-corrected chi connectivity index (χ1v) is 9.37. The van der Waals surface area contributed by atoms with Crippen LogP contribution in [0.2, 0.25) is 0 Å². The lowest BCUT2D eigenvalue weighted by Gasteiger charge is -2.20. The number of ether oxygens (including phenoxy) is 1. The van der Waals surface area contributed by atoms with E-state index in [-0.39, 0.29) is 33.1 Å². The van der Waals surface area contributed by atoms with Gasteiger partial charge in [-0.1, -0.05) is 0 Å². The molecule has 1 N–H and O–H groups in total. The molecule has 1 aromatic carbocycles. The van der Waals surface area contributed by atoms with Gasteiger partial charge in [0.05, 0.1) is 16.7 Å². The summed E-state index contributed by atoms with van der Waals surface area (Å²) in [5.41, 5.74) is -3.24. The molecule has 0 radical (unpaired) electrons. The van der Waals surface area contributed by atoms with Crippen LogP contribution in [0.5, 0.6) is 11.5 Å². The number of benzene rings is 1. The van der Waals surface area contributed by atoms with Gasteiger partial charge in [0.25, 0.3) is 0 Å². The molecule has 1 aliphatic rings. The molecule has 1 aliphatic carbocycles. The van der Waals surface area contributed by atoms with Crippen LogP contribution in [-0.4, -0.2) is 30.4 Å². The maximum atomic E-state index is 14.7. The lowest BCUT2D eigenvalue weighted by Crippen LogP contribution is -2.26. The summed E-state index contributed by atoms with van der Waals surface area (Å²) < 4.78 is 58.9. The second-order valence-electron chi connectivity index (χ2n) is 6.20. The molecule has 3 rings (SSSR count). The standard InChI is InChI=1S/C17H14F2N2O4S/c1-17(19)15(18)13-11(25-10-5-9(6-20)7-21-8-10)3-4-12(26(2,23)24)14(13)16(17)22/h3-5,7-8,15-16,22H,1-2H3/t15-,16+,17?/m1/s1. The van der Waals surface area contributed by atoms with Gasteiger partial charge >= 0.3 is 0 Å². The van der Waals surface area contributed by atoms with Crippen LogP contribution in [0.15, 0.2) is 35.5 Å². The molecule has 1 unspecified atom stereocenters. The largest absolute Gasteiger partial charge is 0.455 e. The summed E-state index contributed by atoms with van der Waals surface area (Å²) in [5, 5.41) is 19.1. The van der Waals surface area contributed by atoms with E-state index in [9.17, 15) is 22.3 Å². The number of sulfone groups is 1. The Labute approximate surface area is 148 Å². The van der Waals surface area contributed by atoms with Crippen LogP contribution in [0.4, 0.5) is 8.78 Å². The van der Waals surface area contributed by atoms with Gasteiger partial charge in [-0.3, -0.25) is 4.98 Å². The normalized spacial score (nSPS) is 24.8. The lowest BCUT2D eigenvalue weighted by atomic mass is 10.0. The van der Waals surface area contributed by atoms with Crippen LogP contribution in [0.1, 0.15) is 35.9 Å². The number of nitriles is 1. The molecule has 136 valence electrons. The van der Waals surface area contributed by atoms with Gasteiger partial charge in [0, 0.05) is 29.6 Å². The van der Waals surface area contributed by atoms with E-state index < -0.39 is 27.8 Å². The van der Waals surface area contributed by atoms with Crippen LogP contribution < -0.4 is 4.74 Å². The van der Waals surface area contributed by atoms with Crippen molar-refractivity contribution < 1.29 is 27.0 Å². The monoisotopic (exact) mass is 380 g/mol. The third kappa shape index (κ3) is 2.81. The first-order valence-electron chi connectivity index (χ1n) is 7.48. The highest BCUT2D eigenvalue weighted by Gasteiger charge is 2.54. The first-order chi connectivity index (χ1) is 12.1. The fraction of sp³-hybridized carbons (Fsp3) is 0.294. The Morgan fingerprint density at radius 3 is 2.65 bits per heavy atom. The van der Waals surface area contributed by atoms with Gasteiger partial charge in [0.2, 0.25) is 0 Å². The van der Waals surface area contributed by atoms with Crippen LogP contribution in [0.3, 0.4) is 0 Å². The van der Waals surface area contributed by atoms with Crippen molar-refractivity contribution in [2.24, 2.45) is 0 Å². The molecule has 0 saturated carbocycles. The fourth-order valence-electron chi connectivity index (χ4n) is 2.92. The number of aliphatic hydroxyl groups excluding tert-OH is 1. The first kappa shape index (κ1) is 18.2. The van der Waals surface area contributed by atoms with Gasteiger partial charge in [-0.15, -0.1) is 0 Å². The van der Waals surface area contributed by atoms with E-state index in [1.54, 1.807) is 0 Å². The summed E-state index contributed by atoms with van der Waals surface area (Å²) in [6.45, 7) is 0.857. The number of halogens is 2. The van der Waals surface area contributed by atoms with Crippen molar-refractivity contribution in [3.05, 3.63) is 47.3 Å². The zero-order valence-electron chi connectivity index (χ0n) is 13.8. The molecule has 9 heteroatoms. The number of rotatable bonds is 3. The SMILES string of the molecule is CC1(F)[C@H](F)c2c(Oc3cncc(C#N)c3)ccc(S(C)(=O)=O)c2[C@@H]1O. The Morgan fingerprint density at radius 1 is 1.35 bits per heavy atom. The minimum atomic E-state index is -3.84. The predicted octanol–water partition coefficient (Wildman–Crippen LogP) is 2.93. The lowest BCUT2D eigenvalue weighted by molar-refractivity contribution is -0.0343. The second kappa shape index (κ2) is 6.00. The van der Waals surface area contributed by atoms with Gasteiger partial charge in [-0.25, -0.2) is 17.2 Å². The number of aromatic nitrogens is 1. The molecule has 0 amide bonds. The van der Waals surface area contributed by atoms with Crippen molar-refractivity contribution in [1.82, 2.24) is 4.98 Å². The van der Waals surface area contributed by atoms with E-state index in [2.05, 4.69) is 4.98 Å². The highest BCUT2D eigenvalue weighted by Crippen LogP contribution is 2.56. The van der Waals surface area contributed by atoms with Crippen molar-refractivity contribution in [1.29, 1.82) is 5.26 Å². The molecular weight excluding hydrogens is 366 g/mol. The minimum absolute atomic E-state index is 0.0903. The van der Waals surface area contributed by atoms with E-state index in [0.29, 0.717) is 0 Å². The summed E-state index contributed by atoms with van der Waals surface area (Å²) in [7, 11) is -3.84. The van der Waals surface area contributed by atoms with Crippen LogP contribution in [-0.2, 0) is 9.84 Å². The molecule has 1 heterocycles. The smallest absolute Gasteiger partial charge is 0.175 e. The topological polar surface area (TPSA) is 100 Å². The zero-order chi connectivity index (χ0) is 19.3. The Balaban J connectivity index is 2.20. The maximum absolute atomic E-state index is 14.7. The molecule has 0 fully saturated rings. The molecule has 2 aromatic rings. The van der Waals surface area contributed by atoms with Gasteiger partial charge in [0.15, 0.2) is 21.7 Å². The number of hydrogen-bond donors (Lipinski definition) is 1. The van der Waals surface area contributed by atoms with E-state index in [1.165, 1.54) is 24.5 Å². The Kier molecular flexibility index (Phi) is 4.21. The van der Waals surface area contributed by atoms with Gasteiger partial charge in [-0.05, 0) is 19.1 Å². The average Bonchev–Trinajstić information content (AvgIpc) is 2.75. The van der Waals surface area contributed by atoms with Crippen molar-refractivity contribution in [2.45, 2.75) is 29.8 Å². The molecule has 1 aromatic heterocycles. The summed E-state index contributed by atoms with van der Waals surface area (Å²) in [5.74, 6) is -0.0651. The summed E-state index contributed by atoms with van der Waals surface area (Å²) in [6, 6.07) is 5.53.